The Morgan fingerprint density at radius 2 is 2.29 bits per heavy atom. The van der Waals surface area contributed by atoms with Crippen molar-refractivity contribution < 1.29 is 9.72 Å². The van der Waals surface area contributed by atoms with Crippen LogP contribution in [0, 0.1) is 10.1 Å². The van der Waals surface area contributed by atoms with Crippen molar-refractivity contribution in [2.45, 2.75) is 6.42 Å². The van der Waals surface area contributed by atoms with E-state index in [1.54, 1.807) is 12.6 Å². The molecule has 2 aromatic rings. The molecule has 8 nitrogen and oxygen atoms in total. The molecule has 0 spiro atoms. The van der Waals surface area contributed by atoms with E-state index in [0.717, 1.165) is 11.9 Å². The van der Waals surface area contributed by atoms with Crippen LogP contribution in [0.5, 0.6) is 0 Å². The van der Waals surface area contributed by atoms with Crippen LogP contribution in [-0.2, 0) is 6.42 Å². The van der Waals surface area contributed by atoms with Crippen LogP contribution >= 0.6 is 11.3 Å². The summed E-state index contributed by atoms with van der Waals surface area (Å²) < 4.78 is 0. The van der Waals surface area contributed by atoms with Gasteiger partial charge in [-0.15, -0.1) is 11.3 Å². The second-order valence-corrected chi connectivity index (χ2v) is 4.80. The lowest BCUT2D eigenvalue weighted by Crippen LogP contribution is -2.26. The second-order valence-electron chi connectivity index (χ2n) is 4.08. The van der Waals surface area contributed by atoms with E-state index >= 15 is 0 Å². The van der Waals surface area contributed by atoms with Crippen molar-refractivity contribution in [2.24, 2.45) is 0 Å². The number of aromatic nitrogens is 2. The maximum absolute atomic E-state index is 12.1. The standard InChI is InChI=1S/C12H13N5O3S/c1-13-11-10(4-9(5-15-11)17(19)20)12(18)14-3-2-8-6-21-7-16-8/h4-7H,2-3H2,1H3,(H,13,15)(H,14,18). The van der Waals surface area contributed by atoms with Gasteiger partial charge in [0.05, 0.1) is 21.7 Å². The highest BCUT2D eigenvalue weighted by molar-refractivity contribution is 7.07. The molecule has 0 unspecified atom stereocenters. The minimum atomic E-state index is -0.585. The van der Waals surface area contributed by atoms with Crippen molar-refractivity contribution in [3.63, 3.8) is 0 Å². The van der Waals surface area contributed by atoms with E-state index in [0.29, 0.717) is 18.8 Å². The topological polar surface area (TPSA) is 110 Å². The average molecular weight is 307 g/mol. The number of hydrogen-bond donors (Lipinski definition) is 2. The first kappa shape index (κ1) is 14.9. The quantitative estimate of drug-likeness (QED) is 0.617. The van der Waals surface area contributed by atoms with Crippen molar-refractivity contribution in [1.82, 2.24) is 15.3 Å². The molecule has 0 saturated heterocycles. The number of nitrogens with zero attached hydrogens (tertiary/aromatic N) is 3. The lowest BCUT2D eigenvalue weighted by atomic mass is 10.2. The van der Waals surface area contributed by atoms with E-state index in [-0.39, 0.29) is 11.3 Å². The van der Waals surface area contributed by atoms with Gasteiger partial charge in [0.2, 0.25) is 0 Å². The predicted octanol–water partition coefficient (Wildman–Crippen LogP) is 1.46. The molecule has 0 bridgehead atoms. The Labute approximate surface area is 124 Å². The summed E-state index contributed by atoms with van der Waals surface area (Å²) in [6.45, 7) is 0.397. The summed E-state index contributed by atoms with van der Waals surface area (Å²) in [6, 6.07) is 1.21. The number of nitrogens with one attached hydrogen (secondary N) is 2. The van der Waals surface area contributed by atoms with Crippen molar-refractivity contribution in [3.05, 3.63) is 44.5 Å². The molecule has 0 saturated carbocycles. The third-order valence-electron chi connectivity index (χ3n) is 2.72. The normalized spacial score (nSPS) is 10.1. The Balaban J connectivity index is 2.06. The molecular weight excluding hydrogens is 294 g/mol. The summed E-state index contributed by atoms with van der Waals surface area (Å²) in [5.74, 6) is -0.113. The zero-order chi connectivity index (χ0) is 15.2. The zero-order valence-corrected chi connectivity index (χ0v) is 12.0. The Morgan fingerprint density at radius 3 is 2.90 bits per heavy atom. The molecule has 0 aliphatic carbocycles. The van der Waals surface area contributed by atoms with Crippen LogP contribution in [0.25, 0.3) is 0 Å². The molecule has 2 aromatic heterocycles. The molecule has 2 rings (SSSR count). The molecule has 0 atom stereocenters. The van der Waals surface area contributed by atoms with Gasteiger partial charge in [-0.25, -0.2) is 9.97 Å². The minimum absolute atomic E-state index is 0.143. The van der Waals surface area contributed by atoms with E-state index in [4.69, 9.17) is 0 Å². The van der Waals surface area contributed by atoms with E-state index in [1.165, 1.54) is 17.4 Å². The van der Waals surface area contributed by atoms with E-state index in [1.807, 2.05) is 5.38 Å². The van der Waals surface area contributed by atoms with Gasteiger partial charge in [0, 0.05) is 31.5 Å². The summed E-state index contributed by atoms with van der Waals surface area (Å²) in [7, 11) is 1.60. The number of carbonyl (C=O) groups excluding carboxylic acids is 1. The van der Waals surface area contributed by atoms with Crippen molar-refractivity contribution in [1.29, 1.82) is 0 Å². The van der Waals surface area contributed by atoms with Gasteiger partial charge < -0.3 is 10.6 Å². The Bertz CT molecular complexity index is 644. The number of pyridine rings is 1. The number of carbonyl (C=O) groups is 1. The molecule has 0 aromatic carbocycles. The molecule has 0 fully saturated rings. The Kier molecular flexibility index (Phi) is 4.77. The van der Waals surface area contributed by atoms with Crippen molar-refractivity contribution >= 4 is 28.7 Å². The third kappa shape index (κ3) is 3.72. The smallest absolute Gasteiger partial charge is 0.288 e. The van der Waals surface area contributed by atoms with Crippen LogP contribution in [0.15, 0.2) is 23.2 Å². The number of amides is 1. The molecule has 110 valence electrons. The highest BCUT2D eigenvalue weighted by Gasteiger charge is 2.17. The maximum Gasteiger partial charge on any atom is 0.288 e. The van der Waals surface area contributed by atoms with Crippen molar-refractivity contribution in [2.75, 3.05) is 18.9 Å². The molecule has 2 N–H and O–H groups in total. The summed E-state index contributed by atoms with van der Waals surface area (Å²) in [6.07, 6.45) is 1.71. The Morgan fingerprint density at radius 1 is 1.48 bits per heavy atom. The van der Waals surface area contributed by atoms with Crippen LogP contribution < -0.4 is 10.6 Å². The fourth-order valence-corrected chi connectivity index (χ4v) is 2.28. The van der Waals surface area contributed by atoms with Gasteiger partial charge in [-0.3, -0.25) is 14.9 Å². The zero-order valence-electron chi connectivity index (χ0n) is 11.2. The second kappa shape index (κ2) is 6.75. The van der Waals surface area contributed by atoms with Gasteiger partial charge in [0.1, 0.15) is 12.0 Å². The monoisotopic (exact) mass is 307 g/mol. The van der Waals surface area contributed by atoms with Gasteiger partial charge >= 0.3 is 0 Å². The first-order valence-electron chi connectivity index (χ1n) is 6.09. The first-order valence-corrected chi connectivity index (χ1v) is 7.03. The first-order chi connectivity index (χ1) is 10.1. The molecule has 21 heavy (non-hydrogen) atoms. The minimum Gasteiger partial charge on any atom is -0.372 e. The van der Waals surface area contributed by atoms with Crippen LogP contribution in [0.1, 0.15) is 16.1 Å². The van der Waals surface area contributed by atoms with Crippen molar-refractivity contribution in [3.8, 4) is 0 Å². The number of anilines is 1. The van der Waals surface area contributed by atoms with Crippen LogP contribution in [-0.4, -0.2) is 34.4 Å². The summed E-state index contributed by atoms with van der Waals surface area (Å²) in [4.78, 5) is 30.2. The van der Waals surface area contributed by atoms with Gasteiger partial charge in [0.25, 0.3) is 11.6 Å². The number of thiazole rings is 1. The lowest BCUT2D eigenvalue weighted by Gasteiger charge is -2.08. The summed E-state index contributed by atoms with van der Waals surface area (Å²) in [5.41, 5.74) is 2.54. The highest BCUT2D eigenvalue weighted by atomic mass is 32.1. The number of hydrogen-bond acceptors (Lipinski definition) is 7. The maximum atomic E-state index is 12.1. The fourth-order valence-electron chi connectivity index (χ4n) is 1.69. The Hall–Kier alpha value is -2.55. The van der Waals surface area contributed by atoms with E-state index < -0.39 is 10.8 Å². The molecule has 2 heterocycles. The number of nitro groups is 1. The molecule has 0 aliphatic rings. The molecule has 1 amide bonds. The van der Waals surface area contributed by atoms with Gasteiger partial charge in [-0.1, -0.05) is 0 Å². The van der Waals surface area contributed by atoms with Gasteiger partial charge in [-0.2, -0.15) is 0 Å². The van der Waals surface area contributed by atoms with Crippen LogP contribution in [0.4, 0.5) is 11.5 Å². The van der Waals surface area contributed by atoms with Crippen LogP contribution in [0.2, 0.25) is 0 Å². The van der Waals surface area contributed by atoms with Crippen LogP contribution in [0.3, 0.4) is 0 Å². The highest BCUT2D eigenvalue weighted by Crippen LogP contribution is 2.18. The third-order valence-corrected chi connectivity index (χ3v) is 3.35. The largest absolute Gasteiger partial charge is 0.372 e. The summed E-state index contributed by atoms with van der Waals surface area (Å²) in [5, 5.41) is 18.1. The molecule has 0 aliphatic heterocycles. The lowest BCUT2D eigenvalue weighted by molar-refractivity contribution is -0.385. The SMILES string of the molecule is CNc1ncc([N+](=O)[O-])cc1C(=O)NCCc1cscn1. The molecular formula is C12H13N5O3S. The van der Waals surface area contributed by atoms with Gasteiger partial charge in [0.15, 0.2) is 0 Å². The molecule has 0 radical (unpaired) electrons. The fraction of sp³-hybridized carbons (Fsp3) is 0.250. The van der Waals surface area contributed by atoms with E-state index in [9.17, 15) is 14.9 Å². The van der Waals surface area contributed by atoms with E-state index in [2.05, 4.69) is 20.6 Å². The molecule has 9 heteroatoms. The summed E-state index contributed by atoms with van der Waals surface area (Å²) >= 11 is 1.49. The number of rotatable bonds is 6. The predicted molar refractivity (Wildman–Crippen MR) is 78.6 cm³/mol. The van der Waals surface area contributed by atoms with Gasteiger partial charge in [-0.05, 0) is 0 Å². The average Bonchev–Trinajstić information content (AvgIpc) is 2.99.